The number of aliphatic carboxylic acids is 1. The van der Waals surface area contributed by atoms with E-state index < -0.39 is 12.0 Å². The zero-order chi connectivity index (χ0) is 15.7. The number of hydrogen-bond donors (Lipinski definition) is 3. The number of urea groups is 1. The molecule has 3 N–H and O–H groups in total. The lowest BCUT2D eigenvalue weighted by atomic mass is 10.3. The minimum Gasteiger partial charge on any atom is -0.480 e. The number of imide groups is 1. The molecular weight excluding hydrogens is 276 g/mol. The second kappa shape index (κ2) is 9.09. The normalized spacial score (nSPS) is 16.8. The minimum absolute atomic E-state index is 0.0179. The summed E-state index contributed by atoms with van der Waals surface area (Å²) in [5.74, 6) is -1.22. The van der Waals surface area contributed by atoms with Crippen molar-refractivity contribution in [1.82, 2.24) is 20.4 Å². The zero-order valence-corrected chi connectivity index (χ0v) is 12.0. The highest BCUT2D eigenvalue weighted by Crippen LogP contribution is 2.02. The predicted molar refractivity (Wildman–Crippen MR) is 76.9 cm³/mol. The molecule has 118 valence electrons. The lowest BCUT2D eigenvalue weighted by Crippen LogP contribution is -2.45. The molecule has 0 atom stereocenters. The van der Waals surface area contributed by atoms with Crippen molar-refractivity contribution >= 4 is 17.9 Å². The fraction of sp³-hybridized carbons (Fsp3) is 0.615. The van der Waals surface area contributed by atoms with Gasteiger partial charge in [-0.15, -0.1) is 6.58 Å². The molecule has 0 saturated carbocycles. The molecule has 8 nitrogen and oxygen atoms in total. The number of carbonyl (C=O) groups is 3. The highest BCUT2D eigenvalue weighted by atomic mass is 16.4. The Morgan fingerprint density at radius 1 is 1.10 bits per heavy atom. The van der Waals surface area contributed by atoms with Gasteiger partial charge in [-0.1, -0.05) is 6.08 Å². The fourth-order valence-corrected chi connectivity index (χ4v) is 2.11. The molecule has 1 aliphatic heterocycles. The number of carboxylic acids is 1. The first kappa shape index (κ1) is 17.1. The van der Waals surface area contributed by atoms with Crippen LogP contribution in [0.25, 0.3) is 0 Å². The molecule has 3 amide bonds. The molecule has 1 saturated heterocycles. The number of nitrogens with zero attached hydrogens (tertiary/aromatic N) is 2. The van der Waals surface area contributed by atoms with Gasteiger partial charge in [0.25, 0.3) is 0 Å². The molecule has 1 rings (SSSR count). The van der Waals surface area contributed by atoms with Gasteiger partial charge < -0.3 is 10.4 Å². The van der Waals surface area contributed by atoms with Crippen LogP contribution < -0.4 is 10.6 Å². The Morgan fingerprint density at radius 2 is 1.71 bits per heavy atom. The second-order valence-corrected chi connectivity index (χ2v) is 4.85. The van der Waals surface area contributed by atoms with E-state index >= 15 is 0 Å². The molecule has 1 fully saturated rings. The summed E-state index contributed by atoms with van der Waals surface area (Å²) in [6.45, 7) is 6.52. The van der Waals surface area contributed by atoms with Gasteiger partial charge in [0.15, 0.2) is 0 Å². The van der Waals surface area contributed by atoms with Gasteiger partial charge in [0.1, 0.15) is 0 Å². The van der Waals surface area contributed by atoms with E-state index in [2.05, 4.69) is 17.2 Å². The van der Waals surface area contributed by atoms with Crippen LogP contribution in [0.3, 0.4) is 0 Å². The summed E-state index contributed by atoms with van der Waals surface area (Å²) in [5.41, 5.74) is 0. The number of carbonyl (C=O) groups excluding carboxylic acids is 2. The van der Waals surface area contributed by atoms with Crippen molar-refractivity contribution in [2.45, 2.75) is 6.42 Å². The summed E-state index contributed by atoms with van der Waals surface area (Å²) >= 11 is 0. The van der Waals surface area contributed by atoms with Crippen molar-refractivity contribution in [3.8, 4) is 0 Å². The Morgan fingerprint density at radius 3 is 2.29 bits per heavy atom. The van der Waals surface area contributed by atoms with Gasteiger partial charge in [0.05, 0.1) is 13.1 Å². The molecular formula is C13H22N4O4. The van der Waals surface area contributed by atoms with Crippen molar-refractivity contribution in [2.75, 3.05) is 45.8 Å². The summed E-state index contributed by atoms with van der Waals surface area (Å²) in [6, 6.07) is -0.540. The van der Waals surface area contributed by atoms with Gasteiger partial charge in [-0.3, -0.25) is 24.7 Å². The zero-order valence-electron chi connectivity index (χ0n) is 12.0. The third-order valence-corrected chi connectivity index (χ3v) is 3.07. The maximum absolute atomic E-state index is 11.7. The third-order valence-electron chi connectivity index (χ3n) is 3.07. The van der Waals surface area contributed by atoms with E-state index in [1.54, 1.807) is 0 Å². The molecule has 0 aromatic rings. The predicted octanol–water partition coefficient (Wildman–Crippen LogP) is -0.909. The van der Waals surface area contributed by atoms with Crippen LogP contribution in [-0.2, 0) is 9.59 Å². The molecule has 0 aromatic carbocycles. The van der Waals surface area contributed by atoms with Crippen LogP contribution in [0.4, 0.5) is 4.79 Å². The summed E-state index contributed by atoms with van der Waals surface area (Å²) in [5, 5.41) is 13.5. The first-order valence-corrected chi connectivity index (χ1v) is 6.86. The molecule has 0 bridgehead atoms. The van der Waals surface area contributed by atoms with E-state index in [0.29, 0.717) is 32.7 Å². The average Bonchev–Trinajstić information content (AvgIpc) is 2.61. The molecule has 21 heavy (non-hydrogen) atoms. The lowest BCUT2D eigenvalue weighted by molar-refractivity contribution is -0.138. The van der Waals surface area contributed by atoms with E-state index in [-0.39, 0.29) is 19.0 Å². The Kier molecular flexibility index (Phi) is 7.41. The van der Waals surface area contributed by atoms with Gasteiger partial charge >= 0.3 is 12.0 Å². The van der Waals surface area contributed by atoms with Crippen molar-refractivity contribution in [3.63, 3.8) is 0 Å². The fourth-order valence-electron chi connectivity index (χ4n) is 2.11. The molecule has 1 aliphatic rings. The molecule has 0 aliphatic carbocycles. The number of nitrogens with one attached hydrogen (secondary N) is 2. The molecule has 0 radical (unpaired) electrons. The quantitative estimate of drug-likeness (QED) is 0.549. The van der Waals surface area contributed by atoms with E-state index in [1.807, 2.05) is 9.80 Å². The van der Waals surface area contributed by atoms with E-state index in [1.165, 1.54) is 6.08 Å². The summed E-state index contributed by atoms with van der Waals surface area (Å²) in [6.07, 6.45) is 2.32. The van der Waals surface area contributed by atoms with Crippen LogP contribution in [0, 0.1) is 0 Å². The van der Waals surface area contributed by atoms with Crippen LogP contribution >= 0.6 is 0 Å². The van der Waals surface area contributed by atoms with Crippen LogP contribution in [0.5, 0.6) is 0 Å². The maximum Gasteiger partial charge on any atom is 0.321 e. The topological polar surface area (TPSA) is 102 Å². The monoisotopic (exact) mass is 298 g/mol. The number of rotatable bonds is 6. The van der Waals surface area contributed by atoms with E-state index in [9.17, 15) is 14.4 Å². The SMILES string of the molecule is C=CCNC(=O)NC(=O)CN1CCCN(CC(=O)O)CC1. The van der Waals surface area contributed by atoms with Gasteiger partial charge in [-0.2, -0.15) is 0 Å². The smallest absolute Gasteiger partial charge is 0.321 e. The Labute approximate surface area is 123 Å². The van der Waals surface area contributed by atoms with Crippen molar-refractivity contribution in [2.24, 2.45) is 0 Å². The van der Waals surface area contributed by atoms with Crippen LogP contribution in [-0.4, -0.2) is 78.6 Å². The maximum atomic E-state index is 11.7. The number of amides is 3. The van der Waals surface area contributed by atoms with Crippen molar-refractivity contribution in [3.05, 3.63) is 12.7 Å². The van der Waals surface area contributed by atoms with Gasteiger partial charge in [-0.05, 0) is 13.0 Å². The van der Waals surface area contributed by atoms with Gasteiger partial charge in [0, 0.05) is 26.2 Å². The van der Waals surface area contributed by atoms with Crippen molar-refractivity contribution in [1.29, 1.82) is 0 Å². The minimum atomic E-state index is -0.847. The first-order valence-electron chi connectivity index (χ1n) is 6.86. The van der Waals surface area contributed by atoms with Gasteiger partial charge in [-0.25, -0.2) is 4.79 Å². The van der Waals surface area contributed by atoms with E-state index in [4.69, 9.17) is 5.11 Å². The third kappa shape index (κ3) is 7.42. The summed E-state index contributed by atoms with van der Waals surface area (Å²) in [4.78, 5) is 37.5. The summed E-state index contributed by atoms with van der Waals surface area (Å²) < 4.78 is 0. The average molecular weight is 298 g/mol. The highest BCUT2D eigenvalue weighted by molar-refractivity contribution is 5.95. The van der Waals surface area contributed by atoms with Gasteiger partial charge in [0.2, 0.25) is 5.91 Å². The molecule has 8 heteroatoms. The van der Waals surface area contributed by atoms with E-state index in [0.717, 1.165) is 6.42 Å². The Bertz CT molecular complexity index is 400. The Balaban J connectivity index is 2.31. The van der Waals surface area contributed by atoms with Crippen LogP contribution in [0.2, 0.25) is 0 Å². The van der Waals surface area contributed by atoms with Crippen molar-refractivity contribution < 1.29 is 19.5 Å². The number of carboxylic acid groups (broad SMARTS) is 1. The standard InChI is InChI=1S/C13H22N4O4/c1-2-4-14-13(21)15-11(18)9-16-5-3-6-17(8-7-16)10-12(19)20/h2H,1,3-10H2,(H,19,20)(H2,14,15,18,21). The van der Waals surface area contributed by atoms with Crippen LogP contribution in [0.1, 0.15) is 6.42 Å². The molecule has 0 aromatic heterocycles. The van der Waals surface area contributed by atoms with Crippen LogP contribution in [0.15, 0.2) is 12.7 Å². The highest BCUT2D eigenvalue weighted by Gasteiger charge is 2.19. The Hall–Kier alpha value is -1.93. The molecule has 0 unspecified atom stereocenters. The molecule has 0 spiro atoms. The second-order valence-electron chi connectivity index (χ2n) is 4.85. The number of hydrogen-bond acceptors (Lipinski definition) is 5. The first-order chi connectivity index (χ1) is 10.0. The summed E-state index contributed by atoms with van der Waals surface area (Å²) in [7, 11) is 0. The molecule has 1 heterocycles. The largest absolute Gasteiger partial charge is 0.480 e. The lowest BCUT2D eigenvalue weighted by Gasteiger charge is -2.20.